The van der Waals surface area contributed by atoms with Gasteiger partial charge in [-0.25, -0.2) is 4.79 Å². The van der Waals surface area contributed by atoms with Crippen LogP contribution in [0.25, 0.3) is 10.7 Å². The van der Waals surface area contributed by atoms with E-state index in [1.54, 1.807) is 12.4 Å². The third-order valence-corrected chi connectivity index (χ3v) is 3.36. The van der Waals surface area contributed by atoms with Crippen LogP contribution in [0, 0.1) is 0 Å². The molecule has 0 saturated carbocycles. The summed E-state index contributed by atoms with van der Waals surface area (Å²) in [5.41, 5.74) is 0.931. The van der Waals surface area contributed by atoms with Crippen LogP contribution in [-0.2, 0) is 6.54 Å². The molecule has 0 aromatic carbocycles. The van der Waals surface area contributed by atoms with Crippen molar-refractivity contribution in [1.82, 2.24) is 14.7 Å². The molecule has 0 fully saturated rings. The quantitative estimate of drug-likeness (QED) is 0.722. The number of aromatic nitrogens is 3. The number of hydrogen-bond acceptors (Lipinski definition) is 5. The maximum atomic E-state index is 11.7. The molecule has 0 N–H and O–H groups in total. The summed E-state index contributed by atoms with van der Waals surface area (Å²) in [6.45, 7) is 0.406. The number of thiophene rings is 1. The van der Waals surface area contributed by atoms with Gasteiger partial charge in [0.2, 0.25) is 0 Å². The van der Waals surface area contributed by atoms with Crippen molar-refractivity contribution >= 4 is 11.3 Å². The molecule has 0 bridgehead atoms. The molecule has 3 aromatic rings. The SMILES string of the molecule is O=c1onc(-c2cccs2)n1Cc1cccnc1. The van der Waals surface area contributed by atoms with E-state index in [0.717, 1.165) is 10.4 Å². The highest BCUT2D eigenvalue weighted by Crippen LogP contribution is 2.22. The average Bonchev–Trinajstić information content (AvgIpc) is 3.02. The van der Waals surface area contributed by atoms with Crippen LogP contribution in [-0.4, -0.2) is 14.7 Å². The van der Waals surface area contributed by atoms with Crippen LogP contribution < -0.4 is 5.76 Å². The van der Waals surface area contributed by atoms with Crippen LogP contribution in [0.2, 0.25) is 0 Å². The molecule has 0 amide bonds. The monoisotopic (exact) mass is 259 g/mol. The van der Waals surface area contributed by atoms with Gasteiger partial charge in [-0.3, -0.25) is 14.1 Å². The molecule has 0 atom stereocenters. The van der Waals surface area contributed by atoms with Crippen molar-refractivity contribution in [1.29, 1.82) is 0 Å². The molecule has 90 valence electrons. The summed E-state index contributed by atoms with van der Waals surface area (Å²) in [5, 5.41) is 5.75. The van der Waals surface area contributed by atoms with Gasteiger partial charge in [-0.05, 0) is 23.1 Å². The number of nitrogens with zero attached hydrogens (tertiary/aromatic N) is 3. The van der Waals surface area contributed by atoms with Gasteiger partial charge in [0.15, 0.2) is 5.82 Å². The Hall–Kier alpha value is -2.21. The highest BCUT2D eigenvalue weighted by molar-refractivity contribution is 7.13. The van der Waals surface area contributed by atoms with Gasteiger partial charge in [0, 0.05) is 12.4 Å². The van der Waals surface area contributed by atoms with E-state index in [9.17, 15) is 4.79 Å². The standard InChI is InChI=1S/C12H9N3O2S/c16-12-15(8-9-3-1-5-13-7-9)11(14-17-12)10-4-2-6-18-10/h1-7H,8H2. The molecule has 5 nitrogen and oxygen atoms in total. The Morgan fingerprint density at radius 2 is 2.28 bits per heavy atom. The van der Waals surface area contributed by atoms with E-state index < -0.39 is 5.76 Å². The van der Waals surface area contributed by atoms with E-state index in [0.29, 0.717) is 12.4 Å². The third kappa shape index (κ3) is 1.98. The zero-order valence-corrected chi connectivity index (χ0v) is 10.1. The second-order valence-corrected chi connectivity index (χ2v) is 4.64. The molecule has 0 aliphatic heterocycles. The predicted molar refractivity (Wildman–Crippen MR) is 67.4 cm³/mol. The van der Waals surface area contributed by atoms with Crippen LogP contribution in [0.15, 0.2) is 51.4 Å². The first-order chi connectivity index (χ1) is 8.84. The Bertz CT molecular complexity index is 686. The minimum absolute atomic E-state index is 0.406. The molecule has 0 spiro atoms. The lowest BCUT2D eigenvalue weighted by atomic mass is 10.3. The van der Waals surface area contributed by atoms with Gasteiger partial charge in [-0.1, -0.05) is 17.3 Å². The van der Waals surface area contributed by atoms with Crippen molar-refractivity contribution in [2.75, 3.05) is 0 Å². The molecule has 0 aliphatic carbocycles. The largest absolute Gasteiger partial charge is 0.442 e. The van der Waals surface area contributed by atoms with Crippen molar-refractivity contribution in [2.24, 2.45) is 0 Å². The first kappa shape index (κ1) is 10.9. The highest BCUT2D eigenvalue weighted by Gasteiger charge is 2.13. The predicted octanol–water partition coefficient (Wildman–Crippen LogP) is 2.01. The van der Waals surface area contributed by atoms with Gasteiger partial charge in [0.1, 0.15) is 0 Å². The first-order valence-corrected chi connectivity index (χ1v) is 6.22. The van der Waals surface area contributed by atoms with Crippen molar-refractivity contribution < 1.29 is 4.52 Å². The summed E-state index contributed by atoms with van der Waals surface area (Å²) in [5.74, 6) is 0.0982. The number of hydrogen-bond donors (Lipinski definition) is 0. The van der Waals surface area contributed by atoms with Gasteiger partial charge < -0.3 is 0 Å². The minimum atomic E-state index is -0.456. The lowest BCUT2D eigenvalue weighted by molar-refractivity contribution is 0.378. The maximum absolute atomic E-state index is 11.7. The Morgan fingerprint density at radius 1 is 1.33 bits per heavy atom. The van der Waals surface area contributed by atoms with E-state index in [2.05, 4.69) is 10.1 Å². The second-order valence-electron chi connectivity index (χ2n) is 3.70. The Labute approximate surface area is 106 Å². The van der Waals surface area contributed by atoms with Crippen LogP contribution in [0.3, 0.4) is 0 Å². The van der Waals surface area contributed by atoms with Crippen molar-refractivity contribution in [3.05, 3.63) is 58.2 Å². The van der Waals surface area contributed by atoms with E-state index in [1.165, 1.54) is 15.9 Å². The molecule has 0 saturated heterocycles. The number of pyridine rings is 1. The Kier molecular flexibility index (Phi) is 2.77. The molecule has 3 rings (SSSR count). The fourth-order valence-corrected chi connectivity index (χ4v) is 2.38. The van der Waals surface area contributed by atoms with Crippen molar-refractivity contribution in [2.45, 2.75) is 6.54 Å². The third-order valence-electron chi connectivity index (χ3n) is 2.49. The second kappa shape index (κ2) is 4.58. The van der Waals surface area contributed by atoms with Crippen molar-refractivity contribution in [3.8, 4) is 10.7 Å². The van der Waals surface area contributed by atoms with E-state index in [-0.39, 0.29) is 0 Å². The van der Waals surface area contributed by atoms with E-state index in [4.69, 9.17) is 4.52 Å². The van der Waals surface area contributed by atoms with E-state index in [1.807, 2.05) is 29.6 Å². The van der Waals surface area contributed by atoms with Crippen LogP contribution in [0.1, 0.15) is 5.56 Å². The highest BCUT2D eigenvalue weighted by atomic mass is 32.1. The first-order valence-electron chi connectivity index (χ1n) is 5.34. The van der Waals surface area contributed by atoms with Gasteiger partial charge in [0.25, 0.3) is 0 Å². The Balaban J connectivity index is 2.02. The smallest absolute Gasteiger partial charge is 0.295 e. The zero-order chi connectivity index (χ0) is 12.4. The summed E-state index contributed by atoms with van der Waals surface area (Å²) in [6, 6.07) is 7.55. The molecule has 0 unspecified atom stereocenters. The average molecular weight is 259 g/mol. The summed E-state index contributed by atoms with van der Waals surface area (Å²) >= 11 is 1.52. The summed E-state index contributed by atoms with van der Waals surface area (Å²) < 4.78 is 6.24. The molecule has 0 radical (unpaired) electrons. The lowest BCUT2D eigenvalue weighted by Crippen LogP contribution is -2.16. The molecular formula is C12H9N3O2S. The molecule has 3 heterocycles. The maximum Gasteiger partial charge on any atom is 0.442 e. The lowest BCUT2D eigenvalue weighted by Gasteiger charge is -2.02. The molecule has 0 aliphatic rings. The van der Waals surface area contributed by atoms with Gasteiger partial charge >= 0.3 is 5.76 Å². The summed E-state index contributed by atoms with van der Waals surface area (Å²) in [4.78, 5) is 16.6. The van der Waals surface area contributed by atoms with Gasteiger partial charge in [-0.15, -0.1) is 11.3 Å². The fraction of sp³-hybridized carbons (Fsp3) is 0.0833. The van der Waals surface area contributed by atoms with Crippen LogP contribution in [0.4, 0.5) is 0 Å². The number of rotatable bonds is 3. The molecule has 6 heteroatoms. The van der Waals surface area contributed by atoms with Gasteiger partial charge in [-0.2, -0.15) is 0 Å². The fourth-order valence-electron chi connectivity index (χ4n) is 1.66. The summed E-state index contributed by atoms with van der Waals surface area (Å²) in [6.07, 6.45) is 3.41. The van der Waals surface area contributed by atoms with E-state index >= 15 is 0 Å². The zero-order valence-electron chi connectivity index (χ0n) is 9.31. The van der Waals surface area contributed by atoms with Crippen molar-refractivity contribution in [3.63, 3.8) is 0 Å². The Morgan fingerprint density at radius 3 is 3.00 bits per heavy atom. The molecular weight excluding hydrogens is 250 g/mol. The molecule has 18 heavy (non-hydrogen) atoms. The topological polar surface area (TPSA) is 60.9 Å². The molecule has 3 aromatic heterocycles. The minimum Gasteiger partial charge on any atom is -0.295 e. The van der Waals surface area contributed by atoms with Crippen LogP contribution in [0.5, 0.6) is 0 Å². The normalized spacial score (nSPS) is 10.7. The van der Waals surface area contributed by atoms with Gasteiger partial charge in [0.05, 0.1) is 11.4 Å². The van der Waals surface area contributed by atoms with Crippen LogP contribution >= 0.6 is 11.3 Å². The summed E-state index contributed by atoms with van der Waals surface area (Å²) in [7, 11) is 0.